The number of aliphatic hydroxyl groups is 1. The van der Waals surface area contributed by atoms with E-state index in [1.54, 1.807) is 0 Å². The molecule has 206 valence electrons. The van der Waals surface area contributed by atoms with Gasteiger partial charge in [-0.1, -0.05) is 12.1 Å². The summed E-state index contributed by atoms with van der Waals surface area (Å²) in [7, 11) is 0. The van der Waals surface area contributed by atoms with Crippen LogP contribution in [0.2, 0.25) is 0 Å². The van der Waals surface area contributed by atoms with E-state index in [-0.39, 0.29) is 25.0 Å². The number of benzene rings is 1. The molecule has 10 N–H and O–H groups in total. The number of aromatic hydroxyl groups is 1. The Hall–Kier alpha value is -4.50. The van der Waals surface area contributed by atoms with Gasteiger partial charge in [0.15, 0.2) is 0 Å². The first kappa shape index (κ1) is 29.7. The summed E-state index contributed by atoms with van der Waals surface area (Å²) in [4.78, 5) is 67.7. The zero-order chi connectivity index (χ0) is 28.2. The molecule has 15 nitrogen and oxygen atoms in total. The molecule has 3 amide bonds. The fourth-order valence-corrected chi connectivity index (χ4v) is 3.34. The van der Waals surface area contributed by atoms with Gasteiger partial charge in [-0.2, -0.15) is 0 Å². The van der Waals surface area contributed by atoms with Crippen molar-refractivity contribution in [2.75, 3.05) is 6.61 Å². The molecule has 1 heterocycles. The lowest BCUT2D eigenvalue weighted by atomic mass is 10.0. The summed E-state index contributed by atoms with van der Waals surface area (Å²) in [6.07, 6.45) is 1.62. The number of imidazole rings is 1. The first-order valence-corrected chi connectivity index (χ1v) is 11.5. The first-order chi connectivity index (χ1) is 18.0. The van der Waals surface area contributed by atoms with Gasteiger partial charge in [0.1, 0.15) is 29.9 Å². The van der Waals surface area contributed by atoms with Gasteiger partial charge in [-0.05, 0) is 24.1 Å². The highest BCUT2D eigenvalue weighted by atomic mass is 16.4. The van der Waals surface area contributed by atoms with E-state index in [4.69, 9.17) is 15.9 Å². The molecule has 4 atom stereocenters. The van der Waals surface area contributed by atoms with Crippen molar-refractivity contribution in [3.63, 3.8) is 0 Å². The highest BCUT2D eigenvalue weighted by Crippen LogP contribution is 2.12. The van der Waals surface area contributed by atoms with E-state index in [1.165, 1.54) is 36.8 Å². The van der Waals surface area contributed by atoms with Crippen LogP contribution >= 0.6 is 0 Å². The van der Waals surface area contributed by atoms with Gasteiger partial charge >= 0.3 is 11.9 Å². The molecule has 1 aromatic heterocycles. The number of nitrogens with two attached hydrogens (primary N) is 1. The molecule has 1 aromatic carbocycles. The van der Waals surface area contributed by atoms with Crippen molar-refractivity contribution in [1.82, 2.24) is 25.9 Å². The van der Waals surface area contributed by atoms with Gasteiger partial charge < -0.3 is 47.1 Å². The third-order valence-electron chi connectivity index (χ3n) is 5.42. The number of carboxylic acid groups (broad SMARTS) is 2. The molecule has 38 heavy (non-hydrogen) atoms. The Bertz CT molecular complexity index is 1110. The normalized spacial score (nSPS) is 13.9. The van der Waals surface area contributed by atoms with E-state index < -0.39 is 66.9 Å². The number of hydrogen-bond acceptors (Lipinski definition) is 9. The lowest BCUT2D eigenvalue weighted by molar-refractivity contribution is -0.142. The molecule has 2 aromatic rings. The van der Waals surface area contributed by atoms with Crippen molar-refractivity contribution >= 4 is 29.7 Å². The zero-order valence-corrected chi connectivity index (χ0v) is 20.2. The van der Waals surface area contributed by atoms with Gasteiger partial charge in [0.25, 0.3) is 0 Å². The Labute approximate surface area is 216 Å². The number of phenols is 1. The number of nitrogens with one attached hydrogen (secondary N) is 4. The molecule has 0 saturated heterocycles. The van der Waals surface area contributed by atoms with E-state index in [1.807, 2.05) is 0 Å². The topological polar surface area (TPSA) is 257 Å². The highest BCUT2D eigenvalue weighted by molar-refractivity contribution is 5.94. The quantitative estimate of drug-likeness (QED) is 0.117. The highest BCUT2D eigenvalue weighted by Gasteiger charge is 2.31. The number of amides is 3. The van der Waals surface area contributed by atoms with Gasteiger partial charge in [-0.15, -0.1) is 0 Å². The minimum Gasteiger partial charge on any atom is -0.508 e. The summed E-state index contributed by atoms with van der Waals surface area (Å²) in [5, 5.41) is 44.3. The maximum atomic E-state index is 13.2. The maximum Gasteiger partial charge on any atom is 0.326 e. The standard InChI is InChI=1S/C23H30N6O9/c24-15(10-30)20(34)27-16(5-6-19(32)33)21(35)28-17(7-12-1-3-14(31)4-2-12)22(36)29-18(23(37)38)8-13-9-25-11-26-13/h1-4,9,11,15-18,30-31H,5-8,10,24H2,(H,25,26)(H,27,34)(H,28,35)(H,29,36)(H,32,33)(H,37,38). The molecule has 0 fully saturated rings. The number of carboxylic acids is 2. The SMILES string of the molecule is NC(CO)C(=O)NC(CCC(=O)O)C(=O)NC(Cc1ccc(O)cc1)C(=O)NC(Cc1cnc[nH]1)C(=O)O. The predicted octanol–water partition coefficient (Wildman–Crippen LogP) is -2.38. The van der Waals surface area contributed by atoms with Crippen LogP contribution in [0.3, 0.4) is 0 Å². The number of carbonyl (C=O) groups excluding carboxylic acids is 3. The summed E-state index contributed by atoms with van der Waals surface area (Å²) in [6, 6.07) is 0.165. The van der Waals surface area contributed by atoms with Crippen molar-refractivity contribution in [3.8, 4) is 5.75 Å². The smallest absolute Gasteiger partial charge is 0.326 e. The first-order valence-electron chi connectivity index (χ1n) is 11.5. The third-order valence-corrected chi connectivity index (χ3v) is 5.42. The number of aromatic amines is 1. The molecule has 15 heteroatoms. The third kappa shape index (κ3) is 9.51. The second-order valence-corrected chi connectivity index (χ2v) is 8.39. The Morgan fingerprint density at radius 1 is 0.895 bits per heavy atom. The lowest BCUT2D eigenvalue weighted by Gasteiger charge is -2.25. The predicted molar refractivity (Wildman–Crippen MR) is 129 cm³/mol. The largest absolute Gasteiger partial charge is 0.508 e. The Morgan fingerprint density at radius 2 is 1.50 bits per heavy atom. The molecule has 0 radical (unpaired) electrons. The second kappa shape index (κ2) is 14.3. The monoisotopic (exact) mass is 534 g/mol. The van der Waals surface area contributed by atoms with Crippen LogP contribution in [0.15, 0.2) is 36.8 Å². The van der Waals surface area contributed by atoms with Gasteiger partial charge in [0.05, 0.1) is 12.9 Å². The van der Waals surface area contributed by atoms with E-state index in [2.05, 4.69) is 25.9 Å². The van der Waals surface area contributed by atoms with Crippen LogP contribution in [0.1, 0.15) is 24.1 Å². The maximum absolute atomic E-state index is 13.2. The summed E-state index contributed by atoms with van der Waals surface area (Å²) in [5.74, 6) is -5.33. The number of aromatic nitrogens is 2. The Balaban J connectivity index is 2.26. The molecule has 0 aliphatic heterocycles. The molecule has 0 saturated carbocycles. The molecule has 4 unspecified atom stereocenters. The average Bonchev–Trinajstić information content (AvgIpc) is 3.39. The summed E-state index contributed by atoms with van der Waals surface area (Å²) in [6.45, 7) is -0.724. The summed E-state index contributed by atoms with van der Waals surface area (Å²) in [5.41, 5.74) is 6.40. The number of H-pyrrole nitrogens is 1. The fourth-order valence-electron chi connectivity index (χ4n) is 3.34. The van der Waals surface area contributed by atoms with Gasteiger partial charge in [-0.25, -0.2) is 9.78 Å². The van der Waals surface area contributed by atoms with E-state index in [0.29, 0.717) is 11.3 Å². The van der Waals surface area contributed by atoms with Crippen LogP contribution in [-0.2, 0) is 36.8 Å². The molecule has 0 spiro atoms. The summed E-state index contributed by atoms with van der Waals surface area (Å²) >= 11 is 0. The van der Waals surface area contributed by atoms with Gasteiger partial charge in [0, 0.05) is 31.2 Å². The van der Waals surface area contributed by atoms with E-state index in [9.17, 15) is 34.2 Å². The molecule has 0 aliphatic carbocycles. The fraction of sp³-hybridized carbons (Fsp3) is 0.391. The number of carbonyl (C=O) groups is 5. The second-order valence-electron chi connectivity index (χ2n) is 8.39. The van der Waals surface area contributed by atoms with Crippen LogP contribution in [0.5, 0.6) is 5.75 Å². The number of aliphatic hydroxyl groups excluding tert-OH is 1. The van der Waals surface area contributed by atoms with Crippen LogP contribution < -0.4 is 21.7 Å². The van der Waals surface area contributed by atoms with Gasteiger partial charge in [-0.3, -0.25) is 19.2 Å². The molecule has 0 bridgehead atoms. The number of hydrogen-bond donors (Lipinski definition) is 9. The van der Waals surface area contributed by atoms with E-state index in [0.717, 1.165) is 0 Å². The van der Waals surface area contributed by atoms with Crippen molar-refractivity contribution in [2.45, 2.75) is 49.9 Å². The van der Waals surface area contributed by atoms with Crippen LogP contribution in [-0.4, -0.2) is 90.8 Å². The number of phenolic OH excluding ortho intramolecular Hbond substituents is 1. The van der Waals surface area contributed by atoms with Crippen LogP contribution in [0.25, 0.3) is 0 Å². The van der Waals surface area contributed by atoms with Crippen molar-refractivity contribution in [1.29, 1.82) is 0 Å². The number of nitrogens with zero attached hydrogens (tertiary/aromatic N) is 1. The average molecular weight is 535 g/mol. The molecular formula is C23H30N6O9. The van der Waals surface area contributed by atoms with Crippen molar-refractivity contribution in [2.24, 2.45) is 5.73 Å². The zero-order valence-electron chi connectivity index (χ0n) is 20.2. The minimum absolute atomic E-state index is 0.0408. The van der Waals surface area contributed by atoms with Crippen LogP contribution in [0, 0.1) is 0 Å². The lowest BCUT2D eigenvalue weighted by Crippen LogP contribution is -2.58. The van der Waals surface area contributed by atoms with Crippen molar-refractivity contribution in [3.05, 3.63) is 48.0 Å². The van der Waals surface area contributed by atoms with Crippen molar-refractivity contribution < 1.29 is 44.4 Å². The Kier molecular flexibility index (Phi) is 11.2. The van der Waals surface area contributed by atoms with Crippen LogP contribution in [0.4, 0.5) is 0 Å². The molecular weight excluding hydrogens is 504 g/mol. The number of aliphatic carboxylic acids is 2. The summed E-state index contributed by atoms with van der Waals surface area (Å²) < 4.78 is 0. The minimum atomic E-state index is -1.42. The van der Waals surface area contributed by atoms with Gasteiger partial charge in [0.2, 0.25) is 17.7 Å². The van der Waals surface area contributed by atoms with E-state index >= 15 is 0 Å². The Morgan fingerprint density at radius 3 is 2.05 bits per heavy atom. The molecule has 0 aliphatic rings. The molecule has 2 rings (SSSR count). The number of rotatable bonds is 15.